The van der Waals surface area contributed by atoms with Gasteiger partial charge in [-0.3, -0.25) is 9.36 Å². The van der Waals surface area contributed by atoms with E-state index < -0.39 is 17.6 Å². The topological polar surface area (TPSA) is 69.0 Å². The number of hydrogen-bond donors (Lipinski definition) is 1. The number of benzene rings is 2. The predicted octanol–water partition coefficient (Wildman–Crippen LogP) is 5.10. The van der Waals surface area contributed by atoms with Crippen LogP contribution in [0.25, 0.3) is 0 Å². The summed E-state index contributed by atoms with van der Waals surface area (Å²) in [7, 11) is 0. The summed E-state index contributed by atoms with van der Waals surface area (Å²) in [5, 5.41) is 11.0. The highest BCUT2D eigenvalue weighted by Gasteiger charge is 2.33. The first-order chi connectivity index (χ1) is 15.3. The maximum Gasteiger partial charge on any atom is 0.418 e. The van der Waals surface area contributed by atoms with Crippen molar-refractivity contribution in [1.82, 2.24) is 14.8 Å². The van der Waals surface area contributed by atoms with Gasteiger partial charge in [-0.05, 0) is 36.8 Å². The maximum absolute atomic E-state index is 13.1. The van der Waals surface area contributed by atoms with E-state index in [1.165, 1.54) is 18.2 Å². The van der Waals surface area contributed by atoms with Crippen molar-refractivity contribution in [3.05, 3.63) is 78.1 Å². The average molecular weight is 462 g/mol. The maximum atomic E-state index is 13.1. The van der Waals surface area contributed by atoms with E-state index in [0.29, 0.717) is 23.3 Å². The smallest absolute Gasteiger partial charge is 0.418 e. The van der Waals surface area contributed by atoms with E-state index in [1.54, 1.807) is 10.6 Å². The van der Waals surface area contributed by atoms with Crippen LogP contribution < -0.4 is 10.1 Å². The molecule has 0 aliphatic rings. The molecule has 6 nitrogen and oxygen atoms in total. The van der Waals surface area contributed by atoms with Crippen LogP contribution in [-0.2, 0) is 24.1 Å². The summed E-state index contributed by atoms with van der Waals surface area (Å²) in [6.07, 6.45) is -2.91. The van der Waals surface area contributed by atoms with E-state index in [-0.39, 0.29) is 18.0 Å². The minimum absolute atomic E-state index is 0.139. The van der Waals surface area contributed by atoms with Gasteiger partial charge in [-0.15, -0.1) is 16.8 Å². The molecule has 3 aromatic rings. The van der Waals surface area contributed by atoms with Crippen molar-refractivity contribution in [3.8, 4) is 5.75 Å². The van der Waals surface area contributed by atoms with Gasteiger partial charge in [0.2, 0.25) is 5.91 Å². The molecule has 0 aliphatic carbocycles. The molecule has 1 N–H and O–H groups in total. The molecule has 0 fully saturated rings. The molecular formula is C22H21F3N4O2S. The highest BCUT2D eigenvalue weighted by Crippen LogP contribution is 2.34. The number of nitrogens with zero attached hydrogens (tertiary/aromatic N) is 3. The quantitative estimate of drug-likeness (QED) is 0.354. The number of ether oxygens (including phenoxy) is 1. The van der Waals surface area contributed by atoms with Gasteiger partial charge in [0, 0.05) is 6.54 Å². The van der Waals surface area contributed by atoms with Crippen molar-refractivity contribution in [2.24, 2.45) is 0 Å². The van der Waals surface area contributed by atoms with Crippen molar-refractivity contribution in [1.29, 1.82) is 0 Å². The van der Waals surface area contributed by atoms with Gasteiger partial charge in [0.05, 0.1) is 17.0 Å². The normalized spacial score (nSPS) is 11.2. The van der Waals surface area contributed by atoms with E-state index in [2.05, 4.69) is 22.1 Å². The highest BCUT2D eigenvalue weighted by atomic mass is 32.2. The Labute approximate surface area is 187 Å². The predicted molar refractivity (Wildman–Crippen MR) is 117 cm³/mol. The Morgan fingerprint density at radius 1 is 1.22 bits per heavy atom. The number of rotatable bonds is 9. The Balaban J connectivity index is 1.65. The summed E-state index contributed by atoms with van der Waals surface area (Å²) in [6, 6.07) is 12.4. The van der Waals surface area contributed by atoms with Crippen LogP contribution in [0.3, 0.4) is 0 Å². The van der Waals surface area contributed by atoms with Crippen molar-refractivity contribution >= 4 is 23.4 Å². The number of carbonyl (C=O) groups excluding carboxylic acids is 1. The van der Waals surface area contributed by atoms with E-state index in [9.17, 15) is 18.0 Å². The molecule has 3 rings (SSSR count). The molecule has 1 heterocycles. The SMILES string of the molecule is C=CCn1c(COc2cccc(C)c2)nnc1SCC(=O)Nc1ccccc1C(F)(F)F. The molecule has 0 saturated carbocycles. The molecule has 2 aromatic carbocycles. The average Bonchev–Trinajstić information content (AvgIpc) is 3.12. The Bertz CT molecular complexity index is 1100. The third-order valence-electron chi connectivity index (χ3n) is 4.30. The Morgan fingerprint density at radius 3 is 2.72 bits per heavy atom. The first kappa shape index (κ1) is 23.4. The summed E-state index contributed by atoms with van der Waals surface area (Å²) >= 11 is 1.07. The molecule has 0 saturated heterocycles. The number of thioether (sulfide) groups is 1. The van der Waals surface area contributed by atoms with Crippen molar-refractivity contribution < 1.29 is 22.7 Å². The van der Waals surface area contributed by atoms with Crippen LogP contribution in [0.5, 0.6) is 5.75 Å². The van der Waals surface area contributed by atoms with Crippen LogP contribution >= 0.6 is 11.8 Å². The molecule has 0 bridgehead atoms. The number of alkyl halides is 3. The number of aromatic nitrogens is 3. The molecule has 0 spiro atoms. The zero-order chi connectivity index (χ0) is 23.1. The summed E-state index contributed by atoms with van der Waals surface area (Å²) in [5.41, 5.74) is -0.126. The van der Waals surface area contributed by atoms with Crippen LogP contribution in [0.15, 0.2) is 66.3 Å². The van der Waals surface area contributed by atoms with Gasteiger partial charge >= 0.3 is 6.18 Å². The number of para-hydroxylation sites is 1. The standard InChI is InChI=1S/C22H21F3N4O2S/c1-3-11-29-19(13-31-16-8-6-7-15(2)12-16)27-28-21(29)32-14-20(30)26-18-10-5-4-9-17(18)22(23,24)25/h3-10,12H,1,11,13-14H2,2H3,(H,26,30). The Kier molecular flexibility index (Phi) is 7.57. The van der Waals surface area contributed by atoms with E-state index >= 15 is 0 Å². The summed E-state index contributed by atoms with van der Waals surface area (Å²) in [5.74, 6) is 0.504. The lowest BCUT2D eigenvalue weighted by Crippen LogP contribution is -2.18. The minimum atomic E-state index is -4.56. The first-order valence-corrected chi connectivity index (χ1v) is 10.6. The number of aryl methyl sites for hydroxylation is 1. The highest BCUT2D eigenvalue weighted by molar-refractivity contribution is 7.99. The molecule has 1 aromatic heterocycles. The van der Waals surface area contributed by atoms with Gasteiger partial charge in [0.1, 0.15) is 12.4 Å². The van der Waals surface area contributed by atoms with Gasteiger partial charge < -0.3 is 10.1 Å². The molecule has 10 heteroatoms. The Morgan fingerprint density at radius 2 is 2.00 bits per heavy atom. The number of nitrogens with one attached hydrogen (secondary N) is 1. The number of anilines is 1. The van der Waals surface area contributed by atoms with E-state index in [1.807, 2.05) is 31.2 Å². The molecule has 0 radical (unpaired) electrons. The van der Waals surface area contributed by atoms with Crippen LogP contribution in [0, 0.1) is 6.92 Å². The number of carbonyl (C=O) groups is 1. The molecule has 168 valence electrons. The lowest BCUT2D eigenvalue weighted by molar-refractivity contribution is -0.137. The fraction of sp³-hybridized carbons (Fsp3) is 0.227. The van der Waals surface area contributed by atoms with Gasteiger partial charge in [-0.2, -0.15) is 13.2 Å². The van der Waals surface area contributed by atoms with Crippen molar-refractivity contribution in [2.75, 3.05) is 11.1 Å². The van der Waals surface area contributed by atoms with Crippen LogP contribution in [-0.4, -0.2) is 26.4 Å². The van der Waals surface area contributed by atoms with Gasteiger partial charge in [0.25, 0.3) is 0 Å². The second kappa shape index (κ2) is 10.4. The molecule has 0 unspecified atom stereocenters. The molecule has 0 atom stereocenters. The van der Waals surface area contributed by atoms with E-state index in [4.69, 9.17) is 4.74 Å². The van der Waals surface area contributed by atoms with Crippen LogP contribution in [0.2, 0.25) is 0 Å². The second-order valence-electron chi connectivity index (χ2n) is 6.78. The fourth-order valence-corrected chi connectivity index (χ4v) is 3.62. The number of hydrogen-bond acceptors (Lipinski definition) is 5. The fourth-order valence-electron chi connectivity index (χ4n) is 2.85. The van der Waals surface area contributed by atoms with Crippen molar-refractivity contribution in [3.63, 3.8) is 0 Å². The van der Waals surface area contributed by atoms with Crippen molar-refractivity contribution in [2.45, 2.75) is 31.4 Å². The lowest BCUT2D eigenvalue weighted by atomic mass is 10.1. The number of amides is 1. The first-order valence-electron chi connectivity index (χ1n) is 9.59. The van der Waals surface area contributed by atoms with Crippen LogP contribution in [0.1, 0.15) is 17.0 Å². The summed E-state index contributed by atoms with van der Waals surface area (Å²) in [6.45, 7) is 6.23. The van der Waals surface area contributed by atoms with Crippen LogP contribution in [0.4, 0.5) is 18.9 Å². The molecule has 1 amide bonds. The zero-order valence-corrected chi connectivity index (χ0v) is 18.0. The minimum Gasteiger partial charge on any atom is -0.486 e. The summed E-state index contributed by atoms with van der Waals surface area (Å²) in [4.78, 5) is 12.3. The van der Waals surface area contributed by atoms with Gasteiger partial charge in [-0.25, -0.2) is 0 Å². The lowest BCUT2D eigenvalue weighted by Gasteiger charge is -2.13. The molecule has 0 aliphatic heterocycles. The van der Waals surface area contributed by atoms with Gasteiger partial charge in [0.15, 0.2) is 11.0 Å². The monoisotopic (exact) mass is 462 g/mol. The molecule has 32 heavy (non-hydrogen) atoms. The van der Waals surface area contributed by atoms with E-state index in [0.717, 1.165) is 23.4 Å². The second-order valence-corrected chi connectivity index (χ2v) is 7.73. The zero-order valence-electron chi connectivity index (χ0n) is 17.2. The van der Waals surface area contributed by atoms with Gasteiger partial charge in [-0.1, -0.05) is 42.1 Å². The third kappa shape index (κ3) is 6.13. The number of halogens is 3. The molecular weight excluding hydrogens is 441 g/mol. The largest absolute Gasteiger partial charge is 0.486 e. The Hall–Kier alpha value is -3.27. The summed E-state index contributed by atoms with van der Waals surface area (Å²) < 4.78 is 46.8. The third-order valence-corrected chi connectivity index (χ3v) is 5.27. The number of allylic oxidation sites excluding steroid dienone is 1.